The van der Waals surface area contributed by atoms with Crippen LogP contribution in [0.3, 0.4) is 0 Å². The number of carbonyl (C=O) groups excluding carboxylic acids is 1. The van der Waals surface area contributed by atoms with Gasteiger partial charge in [-0.1, -0.05) is 12.1 Å². The highest BCUT2D eigenvalue weighted by Gasteiger charge is 2.35. The third-order valence-corrected chi connectivity index (χ3v) is 3.59. The molecule has 1 aliphatic rings. The summed E-state index contributed by atoms with van der Waals surface area (Å²) >= 11 is 0. The molecule has 0 spiro atoms. The predicted molar refractivity (Wildman–Crippen MR) is 64.4 cm³/mol. The van der Waals surface area contributed by atoms with Crippen LogP contribution in [0.4, 0.5) is 13.2 Å². The number of carbonyl (C=O) groups is 1. The van der Waals surface area contributed by atoms with Crippen LogP contribution in [0, 0.1) is 0 Å². The zero-order valence-electron chi connectivity index (χ0n) is 10.4. The molecule has 0 aromatic heterocycles. The van der Waals surface area contributed by atoms with E-state index >= 15 is 0 Å². The highest BCUT2D eigenvalue weighted by atomic mass is 19.4. The number of nitrogens with two attached hydrogens (primary N) is 1. The number of hydrogen-bond donors (Lipinski definition) is 1. The molecule has 0 saturated carbocycles. The lowest BCUT2D eigenvalue weighted by atomic mass is 9.95. The van der Waals surface area contributed by atoms with Crippen molar-refractivity contribution in [1.82, 2.24) is 4.90 Å². The third kappa shape index (κ3) is 2.89. The molecule has 0 aliphatic carbocycles. The zero-order chi connectivity index (χ0) is 14.2. The molecule has 0 bridgehead atoms. The Morgan fingerprint density at radius 1 is 1.32 bits per heavy atom. The van der Waals surface area contributed by atoms with E-state index in [1.165, 1.54) is 12.1 Å². The zero-order valence-corrected chi connectivity index (χ0v) is 10.4. The number of likely N-dealkylation sites (N-methyl/N-ethyl adjacent to an activating group) is 1. The van der Waals surface area contributed by atoms with E-state index in [-0.39, 0.29) is 12.0 Å². The minimum atomic E-state index is -4.32. The van der Waals surface area contributed by atoms with Crippen molar-refractivity contribution in [3.05, 3.63) is 35.4 Å². The Balaban J connectivity index is 2.14. The van der Waals surface area contributed by atoms with Crippen LogP contribution in [0.2, 0.25) is 0 Å². The van der Waals surface area contributed by atoms with Crippen molar-refractivity contribution < 1.29 is 18.0 Å². The van der Waals surface area contributed by atoms with Crippen LogP contribution < -0.4 is 5.73 Å². The van der Waals surface area contributed by atoms with Crippen molar-refractivity contribution in [3.63, 3.8) is 0 Å². The summed E-state index contributed by atoms with van der Waals surface area (Å²) < 4.78 is 37.4. The fourth-order valence-electron chi connectivity index (χ4n) is 2.52. The normalized spacial score (nSPS) is 24.6. The van der Waals surface area contributed by atoms with Crippen LogP contribution in [-0.2, 0) is 11.0 Å². The quantitative estimate of drug-likeness (QED) is 0.894. The smallest absolute Gasteiger partial charge is 0.368 e. The van der Waals surface area contributed by atoms with Crippen molar-refractivity contribution >= 4 is 5.91 Å². The number of amides is 1. The van der Waals surface area contributed by atoms with Gasteiger partial charge in [0.05, 0.1) is 11.6 Å². The van der Waals surface area contributed by atoms with Gasteiger partial charge in [0.15, 0.2) is 0 Å². The summed E-state index contributed by atoms with van der Waals surface area (Å²) in [7, 11) is 1.79. The summed E-state index contributed by atoms with van der Waals surface area (Å²) in [5, 5.41) is 0. The monoisotopic (exact) mass is 272 g/mol. The first kappa shape index (κ1) is 13.9. The lowest BCUT2D eigenvalue weighted by Gasteiger charge is -2.14. The van der Waals surface area contributed by atoms with Gasteiger partial charge in [0.25, 0.3) is 0 Å². The second kappa shape index (κ2) is 4.85. The highest BCUT2D eigenvalue weighted by molar-refractivity contribution is 5.80. The molecular weight excluding hydrogens is 257 g/mol. The van der Waals surface area contributed by atoms with Crippen LogP contribution in [0.25, 0.3) is 0 Å². The van der Waals surface area contributed by atoms with Gasteiger partial charge in [-0.05, 0) is 37.1 Å². The molecule has 2 rings (SSSR count). The van der Waals surface area contributed by atoms with Gasteiger partial charge in [-0.25, -0.2) is 0 Å². The number of halogens is 3. The number of likely N-dealkylation sites (tertiary alicyclic amines) is 1. The predicted octanol–water partition coefficient (Wildman–Crippen LogP) is 1.98. The van der Waals surface area contributed by atoms with E-state index in [4.69, 9.17) is 5.73 Å². The molecule has 2 unspecified atom stereocenters. The number of alkyl halides is 3. The van der Waals surface area contributed by atoms with Gasteiger partial charge < -0.3 is 5.73 Å². The molecule has 2 atom stereocenters. The molecule has 1 aromatic rings. The second-order valence-electron chi connectivity index (χ2n) is 4.91. The van der Waals surface area contributed by atoms with E-state index in [2.05, 4.69) is 0 Å². The van der Waals surface area contributed by atoms with Gasteiger partial charge in [-0.2, -0.15) is 13.2 Å². The molecule has 104 valence electrons. The SMILES string of the molecule is CN1CC(c2ccc(C(F)(F)F)cc2)CC1C(N)=O. The van der Waals surface area contributed by atoms with E-state index in [0.29, 0.717) is 13.0 Å². The Kier molecular flexibility index (Phi) is 3.54. The molecular formula is C13H15F3N2O. The first-order valence-corrected chi connectivity index (χ1v) is 5.95. The van der Waals surface area contributed by atoms with Gasteiger partial charge in [0, 0.05) is 6.54 Å². The van der Waals surface area contributed by atoms with E-state index in [0.717, 1.165) is 17.7 Å². The van der Waals surface area contributed by atoms with Crippen molar-refractivity contribution in [2.45, 2.75) is 24.6 Å². The fourth-order valence-corrected chi connectivity index (χ4v) is 2.52. The number of benzene rings is 1. The van der Waals surface area contributed by atoms with Crippen LogP contribution in [0.15, 0.2) is 24.3 Å². The summed E-state index contributed by atoms with van der Waals surface area (Å²) in [6.45, 7) is 0.624. The molecule has 1 aromatic carbocycles. The number of rotatable bonds is 2. The van der Waals surface area contributed by atoms with Gasteiger partial charge in [0.1, 0.15) is 0 Å². The molecule has 2 N–H and O–H groups in total. The van der Waals surface area contributed by atoms with Gasteiger partial charge in [-0.15, -0.1) is 0 Å². The Morgan fingerprint density at radius 2 is 1.89 bits per heavy atom. The van der Waals surface area contributed by atoms with E-state index in [1.54, 1.807) is 7.05 Å². The molecule has 1 saturated heterocycles. The summed E-state index contributed by atoms with van der Waals surface area (Å²) in [6, 6.07) is 4.77. The molecule has 0 radical (unpaired) electrons. The van der Waals surface area contributed by atoms with Gasteiger partial charge in [0.2, 0.25) is 5.91 Å². The average molecular weight is 272 g/mol. The first-order valence-electron chi connectivity index (χ1n) is 5.95. The topological polar surface area (TPSA) is 46.3 Å². The van der Waals surface area contributed by atoms with Crippen molar-refractivity contribution in [2.24, 2.45) is 5.73 Å². The van der Waals surface area contributed by atoms with E-state index in [9.17, 15) is 18.0 Å². The lowest BCUT2D eigenvalue weighted by Crippen LogP contribution is -2.37. The largest absolute Gasteiger partial charge is 0.416 e. The van der Waals surface area contributed by atoms with Gasteiger partial charge >= 0.3 is 6.18 Å². The minimum Gasteiger partial charge on any atom is -0.368 e. The Bertz CT molecular complexity index is 470. The Hall–Kier alpha value is -1.56. The summed E-state index contributed by atoms with van der Waals surface area (Å²) in [5.41, 5.74) is 5.43. The molecule has 1 heterocycles. The average Bonchev–Trinajstić information content (AvgIpc) is 2.70. The number of primary amides is 1. The maximum Gasteiger partial charge on any atom is 0.416 e. The highest BCUT2D eigenvalue weighted by Crippen LogP contribution is 2.33. The van der Waals surface area contributed by atoms with Gasteiger partial charge in [-0.3, -0.25) is 9.69 Å². The number of hydrogen-bond acceptors (Lipinski definition) is 2. The number of nitrogens with zero attached hydrogens (tertiary/aromatic N) is 1. The molecule has 6 heteroatoms. The van der Waals surface area contributed by atoms with Crippen LogP contribution >= 0.6 is 0 Å². The van der Waals surface area contributed by atoms with Crippen LogP contribution in [0.5, 0.6) is 0 Å². The first-order chi connectivity index (χ1) is 8.79. The maximum atomic E-state index is 12.5. The van der Waals surface area contributed by atoms with Crippen LogP contribution in [-0.4, -0.2) is 30.4 Å². The van der Waals surface area contributed by atoms with E-state index < -0.39 is 17.6 Å². The second-order valence-corrected chi connectivity index (χ2v) is 4.91. The minimum absolute atomic E-state index is 0.0461. The molecule has 1 aliphatic heterocycles. The lowest BCUT2D eigenvalue weighted by molar-refractivity contribution is -0.137. The maximum absolute atomic E-state index is 12.5. The van der Waals surface area contributed by atoms with E-state index in [1.807, 2.05) is 4.90 Å². The summed E-state index contributed by atoms with van der Waals surface area (Å²) in [6.07, 6.45) is -3.77. The molecule has 19 heavy (non-hydrogen) atoms. The molecule has 3 nitrogen and oxygen atoms in total. The van der Waals surface area contributed by atoms with Crippen molar-refractivity contribution in [1.29, 1.82) is 0 Å². The Labute approximate surface area is 109 Å². The molecule has 1 amide bonds. The fraction of sp³-hybridized carbons (Fsp3) is 0.462. The third-order valence-electron chi connectivity index (χ3n) is 3.59. The summed E-state index contributed by atoms with van der Waals surface area (Å²) in [4.78, 5) is 13.0. The van der Waals surface area contributed by atoms with Crippen molar-refractivity contribution in [2.75, 3.05) is 13.6 Å². The van der Waals surface area contributed by atoms with Crippen LogP contribution in [0.1, 0.15) is 23.5 Å². The van der Waals surface area contributed by atoms with Crippen molar-refractivity contribution in [3.8, 4) is 0 Å². The standard InChI is InChI=1S/C13H15F3N2O/c1-18-7-9(6-11(18)12(17)19)8-2-4-10(5-3-8)13(14,15)16/h2-5,9,11H,6-7H2,1H3,(H2,17,19). The molecule has 1 fully saturated rings. The Morgan fingerprint density at radius 3 is 2.32 bits per heavy atom. The summed E-state index contributed by atoms with van der Waals surface area (Å²) in [5.74, 6) is -0.346.